The first-order valence-corrected chi connectivity index (χ1v) is 7.49. The molecule has 0 unspecified atom stereocenters. The monoisotopic (exact) mass is 316 g/mol. The lowest BCUT2D eigenvalue weighted by atomic mass is 10.1. The first-order valence-electron chi connectivity index (χ1n) is 6.00. The molecule has 0 bridgehead atoms. The maximum Gasteiger partial charge on any atom is 0.422 e. The molecule has 0 atom stereocenters. The lowest BCUT2D eigenvalue weighted by molar-refractivity contribution is -0.136. The molecule has 0 aliphatic carbocycles. The summed E-state index contributed by atoms with van der Waals surface area (Å²) in [5, 5.41) is 8.77. The van der Waals surface area contributed by atoms with E-state index < -0.39 is 28.4 Å². The van der Waals surface area contributed by atoms with Crippen LogP contribution >= 0.6 is 0 Å². The summed E-state index contributed by atoms with van der Waals surface area (Å²) in [7, 11) is -4.21. The summed E-state index contributed by atoms with van der Waals surface area (Å²) in [4.78, 5) is 22.0. The summed E-state index contributed by atoms with van der Waals surface area (Å²) in [6.07, 6.45) is -1.94. The Morgan fingerprint density at radius 2 is 1.90 bits per heavy atom. The zero-order valence-electron chi connectivity index (χ0n) is 11.5. The molecule has 0 heterocycles. The van der Waals surface area contributed by atoms with Crippen LogP contribution in [0.3, 0.4) is 0 Å². The molecule has 0 saturated carbocycles. The maximum atomic E-state index is 11.8. The van der Waals surface area contributed by atoms with Crippen molar-refractivity contribution in [3.05, 3.63) is 29.8 Å². The number of amides is 1. The summed E-state index contributed by atoms with van der Waals surface area (Å²) >= 11 is 0. The molecule has 3 N–H and O–H groups in total. The van der Waals surface area contributed by atoms with Gasteiger partial charge >= 0.3 is 22.3 Å². The molecule has 1 amide bonds. The highest BCUT2D eigenvalue weighted by molar-refractivity contribution is 7.91. The largest absolute Gasteiger partial charge is 0.481 e. The van der Waals surface area contributed by atoms with Crippen LogP contribution in [0.2, 0.25) is 0 Å². The smallest absolute Gasteiger partial charge is 0.422 e. The van der Waals surface area contributed by atoms with E-state index in [0.717, 1.165) is 0 Å². The van der Waals surface area contributed by atoms with Crippen molar-refractivity contribution in [2.75, 3.05) is 4.72 Å². The Morgan fingerprint density at radius 3 is 2.48 bits per heavy atom. The number of carboxylic acid groups (broad SMARTS) is 1. The van der Waals surface area contributed by atoms with Crippen LogP contribution in [-0.2, 0) is 26.2 Å². The van der Waals surface area contributed by atoms with Gasteiger partial charge in [-0.25, -0.2) is 9.52 Å². The zero-order chi connectivity index (χ0) is 16.0. The summed E-state index contributed by atoms with van der Waals surface area (Å²) in [6.45, 7) is 3.14. The Balaban J connectivity index is 2.84. The van der Waals surface area contributed by atoms with Gasteiger partial charge in [0.15, 0.2) is 0 Å². The van der Waals surface area contributed by atoms with Crippen LogP contribution in [-0.4, -0.2) is 31.7 Å². The Morgan fingerprint density at radius 1 is 1.29 bits per heavy atom. The highest BCUT2D eigenvalue weighted by Gasteiger charge is 2.18. The van der Waals surface area contributed by atoms with Gasteiger partial charge in [0, 0.05) is 0 Å². The molecule has 9 heteroatoms. The van der Waals surface area contributed by atoms with Crippen LogP contribution in [0.25, 0.3) is 0 Å². The van der Waals surface area contributed by atoms with Gasteiger partial charge in [0.05, 0.1) is 18.2 Å². The van der Waals surface area contributed by atoms with Gasteiger partial charge in [0.25, 0.3) is 0 Å². The molecule has 0 spiro atoms. The van der Waals surface area contributed by atoms with E-state index >= 15 is 0 Å². The van der Waals surface area contributed by atoms with E-state index in [4.69, 9.17) is 5.11 Å². The molecule has 21 heavy (non-hydrogen) atoms. The second kappa shape index (κ2) is 6.93. The van der Waals surface area contributed by atoms with Crippen molar-refractivity contribution in [1.82, 2.24) is 4.72 Å². The number of hydrogen-bond acceptors (Lipinski definition) is 5. The molecule has 1 aromatic carbocycles. The van der Waals surface area contributed by atoms with Crippen molar-refractivity contribution in [3.8, 4) is 0 Å². The topological polar surface area (TPSA) is 122 Å². The van der Waals surface area contributed by atoms with Gasteiger partial charge in [-0.15, -0.1) is 0 Å². The normalized spacial score (nSPS) is 11.0. The average molecular weight is 316 g/mol. The first-order chi connectivity index (χ1) is 9.69. The number of benzene rings is 1. The second-order valence-electron chi connectivity index (χ2n) is 4.39. The van der Waals surface area contributed by atoms with Crippen molar-refractivity contribution >= 4 is 28.0 Å². The number of hydrogen-bond donors (Lipinski definition) is 3. The number of carbonyl (C=O) groups excluding carboxylic acids is 1. The lowest BCUT2D eigenvalue weighted by Crippen LogP contribution is -2.37. The summed E-state index contributed by atoms with van der Waals surface area (Å²) in [5.74, 6) is -1.10. The Kier molecular flexibility index (Phi) is 5.53. The third kappa shape index (κ3) is 6.13. The first kappa shape index (κ1) is 16.8. The summed E-state index contributed by atoms with van der Waals surface area (Å²) < 4.78 is 31.9. The molecule has 1 rings (SSSR count). The van der Waals surface area contributed by atoms with E-state index in [-0.39, 0.29) is 17.7 Å². The Hall–Kier alpha value is -2.29. The number of carbonyl (C=O) groups is 2. The number of nitrogens with one attached hydrogen (secondary N) is 2. The molecule has 0 radical (unpaired) electrons. The van der Waals surface area contributed by atoms with E-state index in [9.17, 15) is 18.0 Å². The molecule has 116 valence electrons. The quantitative estimate of drug-likeness (QED) is 0.722. The predicted octanol–water partition coefficient (Wildman–Crippen LogP) is 1.10. The Labute approximate surface area is 122 Å². The van der Waals surface area contributed by atoms with Gasteiger partial charge in [0.2, 0.25) is 0 Å². The van der Waals surface area contributed by atoms with Crippen molar-refractivity contribution in [2.45, 2.75) is 26.4 Å². The van der Waals surface area contributed by atoms with Crippen LogP contribution < -0.4 is 9.44 Å². The van der Waals surface area contributed by atoms with Gasteiger partial charge in [-0.05, 0) is 25.5 Å². The van der Waals surface area contributed by atoms with Gasteiger partial charge in [-0.2, -0.15) is 8.42 Å². The molecule has 0 saturated heterocycles. The number of rotatable bonds is 6. The van der Waals surface area contributed by atoms with Crippen LogP contribution in [0.5, 0.6) is 0 Å². The zero-order valence-corrected chi connectivity index (χ0v) is 12.3. The van der Waals surface area contributed by atoms with E-state index in [2.05, 4.69) is 9.46 Å². The molecule has 1 aromatic rings. The van der Waals surface area contributed by atoms with Gasteiger partial charge in [0.1, 0.15) is 0 Å². The predicted molar refractivity (Wildman–Crippen MR) is 75.1 cm³/mol. The van der Waals surface area contributed by atoms with Gasteiger partial charge < -0.3 is 9.84 Å². The van der Waals surface area contributed by atoms with E-state index in [1.807, 2.05) is 0 Å². The highest BCUT2D eigenvalue weighted by atomic mass is 32.2. The lowest BCUT2D eigenvalue weighted by Gasteiger charge is -2.13. The van der Waals surface area contributed by atoms with Crippen molar-refractivity contribution in [3.63, 3.8) is 0 Å². The second-order valence-corrected chi connectivity index (χ2v) is 5.80. The summed E-state index contributed by atoms with van der Waals surface area (Å²) in [5.41, 5.74) is 0.345. The standard InChI is InChI=1S/C12H16N2O6S/c1-8(2)20-12(17)14-21(18,19)13-10-6-4-3-5-9(10)7-11(15)16/h3-6,8,13H,7H2,1-2H3,(H,14,17)(H,15,16). The molecular formula is C12H16N2O6S. The average Bonchev–Trinajstić information content (AvgIpc) is 2.28. The van der Waals surface area contributed by atoms with E-state index in [1.54, 1.807) is 24.6 Å². The fourth-order valence-electron chi connectivity index (χ4n) is 1.46. The van der Waals surface area contributed by atoms with E-state index in [1.165, 1.54) is 18.2 Å². The number of ether oxygens (including phenoxy) is 1. The minimum atomic E-state index is -4.21. The minimum Gasteiger partial charge on any atom is -0.481 e. The van der Waals surface area contributed by atoms with Gasteiger partial charge in [-0.3, -0.25) is 9.52 Å². The fourth-order valence-corrected chi connectivity index (χ4v) is 2.26. The SMILES string of the molecule is CC(C)OC(=O)NS(=O)(=O)Nc1ccccc1CC(=O)O. The van der Waals surface area contributed by atoms with Crippen LogP contribution in [0.15, 0.2) is 24.3 Å². The number of para-hydroxylation sites is 1. The van der Waals surface area contributed by atoms with Crippen molar-refractivity contribution in [1.29, 1.82) is 0 Å². The molecule has 0 aromatic heterocycles. The van der Waals surface area contributed by atoms with E-state index in [0.29, 0.717) is 0 Å². The molecule has 0 fully saturated rings. The Bertz CT molecular complexity index is 626. The molecule has 0 aliphatic heterocycles. The van der Waals surface area contributed by atoms with Crippen LogP contribution in [0.4, 0.5) is 10.5 Å². The van der Waals surface area contributed by atoms with Crippen molar-refractivity contribution < 1.29 is 27.9 Å². The van der Waals surface area contributed by atoms with Gasteiger partial charge in [-0.1, -0.05) is 18.2 Å². The maximum absolute atomic E-state index is 11.8. The van der Waals surface area contributed by atoms with Crippen LogP contribution in [0, 0.1) is 0 Å². The fraction of sp³-hybridized carbons (Fsp3) is 0.333. The summed E-state index contributed by atoms with van der Waals surface area (Å²) in [6, 6.07) is 5.98. The van der Waals surface area contributed by atoms with Crippen LogP contribution in [0.1, 0.15) is 19.4 Å². The molecular weight excluding hydrogens is 300 g/mol. The third-order valence-electron chi connectivity index (χ3n) is 2.16. The minimum absolute atomic E-state index is 0.0738. The number of anilines is 1. The number of aliphatic carboxylic acids is 1. The highest BCUT2D eigenvalue weighted by Crippen LogP contribution is 2.16. The molecule has 0 aliphatic rings. The van der Waals surface area contributed by atoms with Crippen molar-refractivity contribution in [2.24, 2.45) is 0 Å². The molecule has 8 nitrogen and oxygen atoms in total. The third-order valence-corrected chi connectivity index (χ3v) is 3.09. The number of carboxylic acids is 1.